The van der Waals surface area contributed by atoms with Gasteiger partial charge in [0, 0.05) is 44.3 Å². The van der Waals surface area contributed by atoms with Gasteiger partial charge < -0.3 is 24.9 Å². The quantitative estimate of drug-likeness (QED) is 0.197. The standard InChI is InChI=1S/C27H35N9O4/c1-4-6-20-22-23(33-32-20)26(38)31-24(30-22)19-13-18(7-8-21(19)40-5-2)35(3)17-9-11-36(12-10-17)27-28-14-16(15-29-27)25(37)34-39/h7-8,13-15,17,20,32-33,39H,4-6,9-12H2,1-3H3,(H,34,37)(H,30,31,38). The average Bonchev–Trinajstić information content (AvgIpc) is 3.40. The van der Waals surface area contributed by atoms with Crippen molar-refractivity contribution >= 4 is 23.2 Å². The second-order valence-corrected chi connectivity index (χ2v) is 9.94. The zero-order valence-corrected chi connectivity index (χ0v) is 22.9. The molecule has 0 bridgehead atoms. The molecule has 3 aromatic rings. The van der Waals surface area contributed by atoms with Crippen LogP contribution in [-0.2, 0) is 0 Å². The van der Waals surface area contributed by atoms with Crippen molar-refractivity contribution in [2.45, 2.75) is 51.6 Å². The molecule has 5 N–H and O–H groups in total. The van der Waals surface area contributed by atoms with E-state index in [1.807, 2.05) is 25.1 Å². The normalized spacial score (nSPS) is 16.8. The SMILES string of the molecule is CCCC1NNc2c1nc(-c1cc(N(C)C3CCN(c4ncc(C(=O)NO)cn4)CC3)ccc1OCC)[nH]c2=O. The lowest BCUT2D eigenvalue weighted by Crippen LogP contribution is -2.44. The first-order valence-corrected chi connectivity index (χ1v) is 13.6. The molecule has 1 atom stereocenters. The van der Waals surface area contributed by atoms with Gasteiger partial charge in [-0.15, -0.1) is 0 Å². The van der Waals surface area contributed by atoms with Crippen LogP contribution in [-0.4, -0.2) is 63.8 Å². The zero-order valence-electron chi connectivity index (χ0n) is 22.9. The molecule has 1 aromatic carbocycles. The molecule has 40 heavy (non-hydrogen) atoms. The first kappa shape index (κ1) is 27.3. The highest BCUT2D eigenvalue weighted by Crippen LogP contribution is 2.35. The Labute approximate surface area is 231 Å². The number of hydroxylamine groups is 1. The van der Waals surface area contributed by atoms with E-state index in [1.165, 1.54) is 12.4 Å². The minimum Gasteiger partial charge on any atom is -0.493 e. The Hall–Kier alpha value is -4.23. The van der Waals surface area contributed by atoms with Gasteiger partial charge >= 0.3 is 0 Å². The number of hydrogen-bond donors (Lipinski definition) is 5. The fourth-order valence-corrected chi connectivity index (χ4v) is 5.25. The van der Waals surface area contributed by atoms with E-state index >= 15 is 0 Å². The van der Waals surface area contributed by atoms with Crippen molar-refractivity contribution in [3.63, 3.8) is 0 Å². The summed E-state index contributed by atoms with van der Waals surface area (Å²) >= 11 is 0. The molecule has 1 fully saturated rings. The monoisotopic (exact) mass is 549 g/mol. The number of rotatable bonds is 9. The zero-order chi connectivity index (χ0) is 28.2. The van der Waals surface area contributed by atoms with E-state index in [9.17, 15) is 9.59 Å². The topological polar surface area (TPSA) is 161 Å². The molecule has 5 rings (SSSR count). The fraction of sp³-hybridized carbons (Fsp3) is 0.444. The average molecular weight is 550 g/mol. The van der Waals surface area contributed by atoms with E-state index in [4.69, 9.17) is 14.9 Å². The summed E-state index contributed by atoms with van der Waals surface area (Å²) in [6.45, 7) is 6.03. The summed E-state index contributed by atoms with van der Waals surface area (Å²) in [6.07, 6.45) is 6.40. The minimum atomic E-state index is -0.644. The largest absolute Gasteiger partial charge is 0.493 e. The van der Waals surface area contributed by atoms with Crippen molar-refractivity contribution in [1.82, 2.24) is 30.8 Å². The van der Waals surface area contributed by atoms with Crippen LogP contribution in [0.4, 0.5) is 17.3 Å². The van der Waals surface area contributed by atoms with Gasteiger partial charge in [0.1, 0.15) is 17.3 Å². The molecule has 4 heterocycles. The van der Waals surface area contributed by atoms with E-state index in [0.29, 0.717) is 29.8 Å². The first-order chi connectivity index (χ1) is 19.4. The van der Waals surface area contributed by atoms with Crippen molar-refractivity contribution < 1.29 is 14.7 Å². The smallest absolute Gasteiger partial charge is 0.277 e. The van der Waals surface area contributed by atoms with Crippen LogP contribution in [0.5, 0.6) is 5.75 Å². The highest BCUT2D eigenvalue weighted by molar-refractivity contribution is 5.92. The maximum absolute atomic E-state index is 12.9. The first-order valence-electron chi connectivity index (χ1n) is 13.6. The fourth-order valence-electron chi connectivity index (χ4n) is 5.25. The molecular formula is C27H35N9O4. The summed E-state index contributed by atoms with van der Waals surface area (Å²) < 4.78 is 5.93. The number of carbonyl (C=O) groups excluding carboxylic acids is 1. The molecule has 0 radical (unpaired) electrons. The van der Waals surface area contributed by atoms with Crippen molar-refractivity contribution in [1.29, 1.82) is 0 Å². The Morgan fingerprint density at radius 2 is 1.98 bits per heavy atom. The third kappa shape index (κ3) is 5.42. The van der Waals surface area contributed by atoms with Gasteiger partial charge in [-0.3, -0.25) is 14.8 Å². The van der Waals surface area contributed by atoms with Crippen LogP contribution >= 0.6 is 0 Å². The number of ether oxygens (including phenoxy) is 1. The third-order valence-electron chi connectivity index (χ3n) is 7.45. The highest BCUT2D eigenvalue weighted by atomic mass is 16.5. The number of aromatic amines is 1. The van der Waals surface area contributed by atoms with Gasteiger partial charge in [-0.1, -0.05) is 13.3 Å². The predicted octanol–water partition coefficient (Wildman–Crippen LogP) is 2.62. The van der Waals surface area contributed by atoms with E-state index in [2.05, 4.69) is 49.6 Å². The molecule has 2 aliphatic rings. The van der Waals surface area contributed by atoms with Crippen LogP contribution in [0.1, 0.15) is 61.6 Å². The van der Waals surface area contributed by atoms with E-state index < -0.39 is 5.91 Å². The van der Waals surface area contributed by atoms with Crippen LogP contribution in [0.2, 0.25) is 0 Å². The van der Waals surface area contributed by atoms with Gasteiger partial charge in [-0.05, 0) is 44.4 Å². The highest BCUT2D eigenvalue weighted by Gasteiger charge is 2.28. The molecule has 2 aromatic heterocycles. The number of fused-ring (bicyclic) bond motifs is 1. The number of piperidine rings is 1. The lowest BCUT2D eigenvalue weighted by molar-refractivity contribution is 0.0705. The number of H-pyrrole nitrogens is 1. The Balaban J connectivity index is 1.35. The Bertz CT molecular complexity index is 1400. The number of nitrogens with zero attached hydrogens (tertiary/aromatic N) is 5. The number of nitrogens with one attached hydrogen (secondary N) is 4. The van der Waals surface area contributed by atoms with Crippen LogP contribution < -0.4 is 36.4 Å². The third-order valence-corrected chi connectivity index (χ3v) is 7.45. The summed E-state index contributed by atoms with van der Waals surface area (Å²) in [5, 5.41) is 8.78. The van der Waals surface area contributed by atoms with Crippen molar-refractivity contribution in [2.24, 2.45) is 0 Å². The molecule has 0 aliphatic carbocycles. The van der Waals surface area contributed by atoms with Gasteiger partial charge in [-0.25, -0.2) is 25.9 Å². The van der Waals surface area contributed by atoms with Crippen molar-refractivity contribution in [3.8, 4) is 17.1 Å². The van der Waals surface area contributed by atoms with Crippen molar-refractivity contribution in [2.75, 3.05) is 42.0 Å². The summed E-state index contributed by atoms with van der Waals surface area (Å²) in [7, 11) is 2.07. The van der Waals surface area contributed by atoms with Crippen LogP contribution in [0, 0.1) is 0 Å². The second kappa shape index (κ2) is 11.9. The Morgan fingerprint density at radius 1 is 1.23 bits per heavy atom. The maximum Gasteiger partial charge on any atom is 0.277 e. The van der Waals surface area contributed by atoms with Crippen LogP contribution in [0.15, 0.2) is 35.4 Å². The molecule has 0 spiro atoms. The molecule has 0 saturated carbocycles. The Kier molecular flexibility index (Phi) is 8.12. The molecule has 1 unspecified atom stereocenters. The number of hydrogen-bond acceptors (Lipinski definition) is 11. The van der Waals surface area contributed by atoms with Crippen molar-refractivity contribution in [3.05, 3.63) is 52.2 Å². The van der Waals surface area contributed by atoms with Gasteiger partial charge in [0.25, 0.3) is 11.5 Å². The molecule has 13 nitrogen and oxygen atoms in total. The number of carbonyl (C=O) groups is 1. The van der Waals surface area contributed by atoms with Crippen LogP contribution in [0.3, 0.4) is 0 Å². The summed E-state index contributed by atoms with van der Waals surface area (Å²) in [4.78, 5) is 45.2. The lowest BCUT2D eigenvalue weighted by Gasteiger charge is -2.38. The number of benzene rings is 1. The second-order valence-electron chi connectivity index (χ2n) is 9.94. The summed E-state index contributed by atoms with van der Waals surface area (Å²) in [6, 6.07) is 6.24. The van der Waals surface area contributed by atoms with Gasteiger partial charge in [-0.2, -0.15) is 0 Å². The lowest BCUT2D eigenvalue weighted by atomic mass is 10.0. The molecule has 212 valence electrons. The number of aromatic nitrogens is 4. The molecule has 2 aliphatic heterocycles. The number of hydrazine groups is 1. The summed E-state index contributed by atoms with van der Waals surface area (Å²) in [5.41, 5.74) is 10.6. The van der Waals surface area contributed by atoms with Crippen LogP contribution in [0.25, 0.3) is 11.4 Å². The van der Waals surface area contributed by atoms with E-state index in [1.54, 1.807) is 5.48 Å². The number of amides is 1. The van der Waals surface area contributed by atoms with Gasteiger partial charge in [0.15, 0.2) is 0 Å². The van der Waals surface area contributed by atoms with Gasteiger partial charge in [0.05, 0.1) is 29.5 Å². The molecule has 1 saturated heterocycles. The molecular weight excluding hydrogens is 514 g/mol. The molecule has 13 heteroatoms. The summed E-state index contributed by atoms with van der Waals surface area (Å²) in [5.74, 6) is 1.06. The molecule has 1 amide bonds. The minimum absolute atomic E-state index is 0.0281. The number of anilines is 3. The van der Waals surface area contributed by atoms with E-state index in [0.717, 1.165) is 55.7 Å². The van der Waals surface area contributed by atoms with E-state index in [-0.39, 0.29) is 23.2 Å². The Morgan fingerprint density at radius 3 is 2.65 bits per heavy atom. The predicted molar refractivity (Wildman–Crippen MR) is 151 cm³/mol. The van der Waals surface area contributed by atoms with Gasteiger partial charge in [0.2, 0.25) is 5.95 Å². The maximum atomic E-state index is 12.9.